The molecule has 0 bridgehead atoms. The van der Waals surface area contributed by atoms with E-state index >= 15 is 0 Å². The normalized spacial score (nSPS) is 30.7. The Bertz CT molecular complexity index is 459. The number of hydrogen-bond donors (Lipinski definition) is 1. The Balaban J connectivity index is 1.65. The average Bonchev–Trinajstić information content (AvgIpc) is 2.54. The summed E-state index contributed by atoms with van der Waals surface area (Å²) in [4.78, 5) is 0. The summed E-state index contributed by atoms with van der Waals surface area (Å²) in [6.07, 6.45) is 11.3. The number of fused-ring (bicyclic) bond motifs is 1. The van der Waals surface area contributed by atoms with Crippen molar-refractivity contribution in [1.29, 1.82) is 0 Å². The first-order valence-electron chi connectivity index (χ1n) is 8.68. The van der Waals surface area contributed by atoms with Crippen LogP contribution in [0.1, 0.15) is 50.5 Å². The highest BCUT2D eigenvalue weighted by Gasteiger charge is 2.35. The maximum absolute atomic E-state index is 6.35. The number of rotatable bonds is 4. The lowest BCUT2D eigenvalue weighted by Gasteiger charge is -2.42. The largest absolute Gasteiger partial charge is 0.316 e. The lowest BCUT2D eigenvalue weighted by atomic mass is 9.65. The van der Waals surface area contributed by atoms with E-state index in [0.29, 0.717) is 6.04 Å². The van der Waals surface area contributed by atoms with Crippen LogP contribution in [0.15, 0.2) is 24.3 Å². The topological polar surface area (TPSA) is 12.0 Å². The fourth-order valence-corrected chi connectivity index (χ4v) is 4.89. The van der Waals surface area contributed by atoms with E-state index in [-0.39, 0.29) is 0 Å². The van der Waals surface area contributed by atoms with Gasteiger partial charge < -0.3 is 5.32 Å². The first-order valence-corrected chi connectivity index (χ1v) is 9.06. The summed E-state index contributed by atoms with van der Waals surface area (Å²) in [5.41, 5.74) is 1.30. The molecule has 116 valence electrons. The molecule has 0 saturated heterocycles. The van der Waals surface area contributed by atoms with Crippen molar-refractivity contribution < 1.29 is 0 Å². The van der Waals surface area contributed by atoms with Crippen LogP contribution in [0, 0.1) is 17.8 Å². The summed E-state index contributed by atoms with van der Waals surface area (Å²) in [7, 11) is 2.12. The number of likely N-dealkylation sites (N-methyl/N-ethyl adjacent to an activating group) is 1. The third-order valence-corrected chi connectivity index (χ3v) is 6.29. The Kier molecular flexibility index (Phi) is 5.24. The minimum absolute atomic E-state index is 0.577. The van der Waals surface area contributed by atoms with Crippen molar-refractivity contribution in [2.24, 2.45) is 17.8 Å². The molecule has 2 saturated carbocycles. The van der Waals surface area contributed by atoms with E-state index in [1.165, 1.54) is 50.5 Å². The highest BCUT2D eigenvalue weighted by molar-refractivity contribution is 6.31. The Hall–Kier alpha value is -0.530. The molecule has 2 aliphatic rings. The minimum atomic E-state index is 0.577. The highest BCUT2D eigenvalue weighted by atomic mass is 35.5. The molecule has 2 aliphatic carbocycles. The van der Waals surface area contributed by atoms with Gasteiger partial charge in [0.15, 0.2) is 0 Å². The first-order chi connectivity index (χ1) is 10.3. The summed E-state index contributed by atoms with van der Waals surface area (Å²) in [6, 6.07) is 8.90. The maximum Gasteiger partial charge on any atom is 0.0438 e. The van der Waals surface area contributed by atoms with Crippen LogP contribution in [0.2, 0.25) is 5.02 Å². The van der Waals surface area contributed by atoms with Gasteiger partial charge in [0.2, 0.25) is 0 Å². The van der Waals surface area contributed by atoms with Gasteiger partial charge in [0.25, 0.3) is 0 Å². The number of hydrogen-bond acceptors (Lipinski definition) is 1. The molecular weight excluding hydrogens is 278 g/mol. The predicted octanol–water partition coefficient (Wildman–Crippen LogP) is 5.08. The second-order valence-electron chi connectivity index (χ2n) is 7.07. The van der Waals surface area contributed by atoms with Crippen LogP contribution >= 0.6 is 11.6 Å². The maximum atomic E-state index is 6.35. The third kappa shape index (κ3) is 3.63. The zero-order valence-corrected chi connectivity index (χ0v) is 13.9. The Labute approximate surface area is 134 Å². The van der Waals surface area contributed by atoms with Crippen molar-refractivity contribution in [1.82, 2.24) is 5.32 Å². The van der Waals surface area contributed by atoms with Crippen molar-refractivity contribution in [3.63, 3.8) is 0 Å². The molecule has 3 rings (SSSR count). The summed E-state index contributed by atoms with van der Waals surface area (Å²) in [6.45, 7) is 0. The molecule has 1 nitrogen and oxygen atoms in total. The van der Waals surface area contributed by atoms with Gasteiger partial charge in [-0.25, -0.2) is 0 Å². The summed E-state index contributed by atoms with van der Waals surface area (Å²) >= 11 is 6.35. The van der Waals surface area contributed by atoms with Crippen LogP contribution in [-0.2, 0) is 6.42 Å². The van der Waals surface area contributed by atoms with Crippen molar-refractivity contribution in [3.05, 3.63) is 34.9 Å². The quantitative estimate of drug-likeness (QED) is 0.818. The highest BCUT2D eigenvalue weighted by Crippen LogP contribution is 2.44. The van der Waals surface area contributed by atoms with Crippen LogP contribution in [0.5, 0.6) is 0 Å². The van der Waals surface area contributed by atoms with Crippen molar-refractivity contribution in [3.8, 4) is 0 Å². The van der Waals surface area contributed by atoms with E-state index < -0.39 is 0 Å². The molecular formula is C19H28ClN. The zero-order valence-electron chi connectivity index (χ0n) is 13.2. The molecule has 2 heteroatoms. The fourth-order valence-electron chi connectivity index (χ4n) is 4.68. The molecule has 0 heterocycles. The summed E-state index contributed by atoms with van der Waals surface area (Å²) in [5, 5.41) is 4.50. The lowest BCUT2D eigenvalue weighted by molar-refractivity contribution is 0.111. The molecule has 2 fully saturated rings. The van der Waals surface area contributed by atoms with Gasteiger partial charge in [-0.05, 0) is 62.1 Å². The van der Waals surface area contributed by atoms with E-state index in [9.17, 15) is 0 Å². The van der Waals surface area contributed by atoms with Gasteiger partial charge in [0, 0.05) is 11.1 Å². The van der Waals surface area contributed by atoms with Gasteiger partial charge in [-0.1, -0.05) is 55.5 Å². The van der Waals surface area contributed by atoms with Crippen LogP contribution in [0.25, 0.3) is 0 Å². The van der Waals surface area contributed by atoms with Crippen molar-refractivity contribution in [2.45, 2.75) is 57.4 Å². The van der Waals surface area contributed by atoms with Gasteiger partial charge in [0.05, 0.1) is 0 Å². The van der Waals surface area contributed by atoms with E-state index in [4.69, 9.17) is 11.6 Å². The molecule has 1 aromatic carbocycles. The van der Waals surface area contributed by atoms with Gasteiger partial charge in [-0.15, -0.1) is 0 Å². The van der Waals surface area contributed by atoms with E-state index in [1.54, 1.807) is 0 Å². The second kappa shape index (κ2) is 7.15. The van der Waals surface area contributed by atoms with Crippen LogP contribution in [0.4, 0.5) is 0 Å². The number of halogens is 1. The molecule has 0 aromatic heterocycles. The van der Waals surface area contributed by atoms with Gasteiger partial charge >= 0.3 is 0 Å². The van der Waals surface area contributed by atoms with Crippen LogP contribution in [-0.4, -0.2) is 13.1 Å². The average molecular weight is 306 g/mol. The van der Waals surface area contributed by atoms with Crippen molar-refractivity contribution >= 4 is 11.6 Å². The fraction of sp³-hybridized carbons (Fsp3) is 0.684. The molecule has 0 aliphatic heterocycles. The lowest BCUT2D eigenvalue weighted by Crippen LogP contribution is -2.40. The Morgan fingerprint density at radius 1 is 1.10 bits per heavy atom. The van der Waals surface area contributed by atoms with E-state index in [2.05, 4.69) is 24.5 Å². The molecule has 0 spiro atoms. The molecule has 0 amide bonds. The van der Waals surface area contributed by atoms with E-state index in [1.807, 2.05) is 12.1 Å². The van der Waals surface area contributed by atoms with Gasteiger partial charge in [0.1, 0.15) is 0 Å². The second-order valence-corrected chi connectivity index (χ2v) is 7.48. The Morgan fingerprint density at radius 2 is 1.86 bits per heavy atom. The molecule has 4 atom stereocenters. The van der Waals surface area contributed by atoms with Crippen molar-refractivity contribution in [2.75, 3.05) is 7.05 Å². The summed E-state index contributed by atoms with van der Waals surface area (Å²) < 4.78 is 0. The monoisotopic (exact) mass is 305 g/mol. The van der Waals surface area contributed by atoms with Gasteiger partial charge in [-0.2, -0.15) is 0 Å². The van der Waals surface area contributed by atoms with Gasteiger partial charge in [-0.3, -0.25) is 0 Å². The molecule has 0 radical (unpaired) electrons. The standard InChI is InChI=1S/C19H28ClN/c1-21-19(13-16-8-4-5-9-18(16)20)17-11-10-14-6-2-3-7-15(14)12-17/h4-5,8-9,14-15,17,19,21H,2-3,6-7,10-13H2,1H3. The third-order valence-electron chi connectivity index (χ3n) is 5.92. The summed E-state index contributed by atoms with van der Waals surface area (Å²) in [5.74, 6) is 2.86. The predicted molar refractivity (Wildman–Crippen MR) is 90.8 cm³/mol. The first kappa shape index (κ1) is 15.4. The molecule has 1 aromatic rings. The zero-order chi connectivity index (χ0) is 14.7. The molecule has 21 heavy (non-hydrogen) atoms. The van der Waals surface area contributed by atoms with Crippen LogP contribution < -0.4 is 5.32 Å². The van der Waals surface area contributed by atoms with E-state index in [0.717, 1.165) is 29.2 Å². The Morgan fingerprint density at radius 3 is 2.62 bits per heavy atom. The number of nitrogens with one attached hydrogen (secondary N) is 1. The molecule has 1 N–H and O–H groups in total. The number of benzene rings is 1. The van der Waals surface area contributed by atoms with Crippen LogP contribution in [0.3, 0.4) is 0 Å². The molecule has 4 unspecified atom stereocenters. The SMILES string of the molecule is CNC(Cc1ccccc1Cl)C1CCC2CCCCC2C1. The minimum Gasteiger partial charge on any atom is -0.316 e. The smallest absolute Gasteiger partial charge is 0.0438 e.